The Morgan fingerprint density at radius 1 is 0.692 bits per heavy atom. The zero-order valence-corrected chi connectivity index (χ0v) is 13.1. The summed E-state index contributed by atoms with van der Waals surface area (Å²) >= 11 is 0. The molecule has 0 spiro atoms. The molecular weight excluding hydrogens is 340 g/mol. The first-order valence-electron chi connectivity index (χ1n) is 8.77. The topological polar surface area (TPSA) is 109 Å². The first-order valence-corrected chi connectivity index (χ1v) is 7.87. The molecule has 2 aromatic heterocycles. The molecule has 0 unspecified atom stereocenters. The molecule has 4 N–H and O–H groups in total. The molecule has 8 heteroatoms. The van der Waals surface area contributed by atoms with Crippen LogP contribution in [0.25, 0.3) is 33.2 Å². The first-order chi connectivity index (χ1) is 13.5. The lowest BCUT2D eigenvalue weighted by molar-refractivity contribution is 0.173. The van der Waals surface area contributed by atoms with E-state index in [4.69, 9.17) is 21.8 Å². The van der Waals surface area contributed by atoms with E-state index >= 15 is 0 Å². The van der Waals surface area contributed by atoms with E-state index in [0.29, 0.717) is 44.8 Å². The maximum absolute atomic E-state index is 10.8. The minimum atomic E-state index is -0.241. The maximum Gasteiger partial charge on any atom is 0.231 e. The summed E-state index contributed by atoms with van der Waals surface area (Å²) < 4.78 is 38.3. The van der Waals surface area contributed by atoms with E-state index in [1.54, 1.807) is 24.3 Å². The van der Waals surface area contributed by atoms with E-state index < -0.39 is 0 Å². The highest BCUT2D eigenvalue weighted by Crippen LogP contribution is 2.47. The van der Waals surface area contributed by atoms with Gasteiger partial charge < -0.3 is 39.1 Å². The number of ether oxygens (including phenoxy) is 4. The van der Waals surface area contributed by atoms with Gasteiger partial charge in [0.2, 0.25) is 13.6 Å². The van der Waals surface area contributed by atoms with Crippen LogP contribution < -0.4 is 18.9 Å². The third-order valence-corrected chi connectivity index (χ3v) is 4.63. The van der Waals surface area contributed by atoms with Gasteiger partial charge in [-0.2, -0.15) is 0 Å². The Bertz CT molecular complexity index is 1130. The lowest BCUT2D eigenvalue weighted by Crippen LogP contribution is -1.92. The van der Waals surface area contributed by atoms with Crippen molar-refractivity contribution in [1.29, 1.82) is 0 Å². The van der Waals surface area contributed by atoms with Crippen molar-refractivity contribution < 1.29 is 32.0 Å². The summed E-state index contributed by atoms with van der Waals surface area (Å²) in [4.78, 5) is 1.93. The molecule has 0 aliphatic carbocycles. The third-order valence-electron chi connectivity index (χ3n) is 4.63. The number of nitrogens with one attached hydrogen (secondary N) is 2. The Morgan fingerprint density at radius 3 is 1.50 bits per heavy atom. The summed E-state index contributed by atoms with van der Waals surface area (Å²) in [6, 6.07) is 6.31. The van der Waals surface area contributed by atoms with Gasteiger partial charge in [0.05, 0.1) is 11.0 Å². The monoisotopic (exact) mass is 354 g/mol. The predicted molar refractivity (Wildman–Crippen MR) is 91.2 cm³/mol. The van der Waals surface area contributed by atoms with Crippen molar-refractivity contribution in [2.75, 3.05) is 13.6 Å². The standard InChI is InChI=1S/C18H12N2O6/c21-17-7-1-11-13(25-5-23-11)3-9(7)19-15(17)16-18(22)8-2-12-14(26-6-24-12)4-10(8)20-16/h1-4,19-22H,5-6H2/i/hD2. The van der Waals surface area contributed by atoms with E-state index in [2.05, 4.69) is 0 Å². The number of aromatic hydroxyl groups is 2. The van der Waals surface area contributed by atoms with Crippen molar-refractivity contribution in [3.05, 3.63) is 24.3 Å². The number of H-pyrrole nitrogens is 2. The van der Waals surface area contributed by atoms with Gasteiger partial charge >= 0.3 is 0 Å². The molecule has 0 bridgehead atoms. The van der Waals surface area contributed by atoms with Crippen LogP contribution in [0.3, 0.4) is 0 Å². The Hall–Kier alpha value is -3.68. The highest BCUT2D eigenvalue weighted by Gasteiger charge is 2.24. The molecule has 8 nitrogen and oxygen atoms in total. The van der Waals surface area contributed by atoms with E-state index in [1.807, 2.05) is 0 Å². The van der Waals surface area contributed by atoms with Crippen LogP contribution in [-0.4, -0.2) is 33.8 Å². The molecular formula is C18H12N2O6. The molecule has 0 amide bonds. The first kappa shape index (κ1) is 11.8. The quantitative estimate of drug-likeness (QED) is 0.418. The van der Waals surface area contributed by atoms with E-state index in [-0.39, 0.29) is 36.5 Å². The molecule has 0 fully saturated rings. The average molecular weight is 354 g/mol. The van der Waals surface area contributed by atoms with Gasteiger partial charge in [-0.1, -0.05) is 0 Å². The fraction of sp³-hybridized carbons (Fsp3) is 0.111. The van der Waals surface area contributed by atoms with Crippen LogP contribution in [0.5, 0.6) is 34.5 Å². The Morgan fingerprint density at radius 2 is 1.08 bits per heavy atom. The fourth-order valence-corrected chi connectivity index (χ4v) is 3.36. The van der Waals surface area contributed by atoms with Gasteiger partial charge in [-0.05, 0) is 12.1 Å². The van der Waals surface area contributed by atoms with E-state index in [0.717, 1.165) is 9.95 Å². The lowest BCUT2D eigenvalue weighted by Gasteiger charge is -1.98. The van der Waals surface area contributed by atoms with Crippen molar-refractivity contribution in [1.82, 2.24) is 9.95 Å². The van der Waals surface area contributed by atoms with Crippen molar-refractivity contribution in [3.63, 3.8) is 0 Å². The summed E-state index contributed by atoms with van der Waals surface area (Å²) in [5.74, 6) is 1.37. The molecule has 0 atom stereocenters. The highest BCUT2D eigenvalue weighted by molar-refractivity contribution is 6.01. The second-order valence-corrected chi connectivity index (χ2v) is 6.06. The smallest absolute Gasteiger partial charge is 0.231 e. The van der Waals surface area contributed by atoms with Crippen LogP contribution in [0.4, 0.5) is 0 Å². The van der Waals surface area contributed by atoms with Crippen molar-refractivity contribution in [3.8, 4) is 45.9 Å². The van der Waals surface area contributed by atoms with Gasteiger partial charge in [0.15, 0.2) is 37.3 Å². The minimum absolute atomic E-state index is 0.0237. The van der Waals surface area contributed by atoms with Crippen LogP contribution in [0.2, 0.25) is 2.82 Å². The molecule has 0 saturated heterocycles. The third kappa shape index (κ3) is 1.62. The molecule has 2 aromatic carbocycles. The second kappa shape index (κ2) is 4.48. The summed E-state index contributed by atoms with van der Waals surface area (Å²) in [7, 11) is 0. The Balaban J connectivity index is 1.67. The van der Waals surface area contributed by atoms with Gasteiger partial charge in [0.1, 0.15) is 11.4 Å². The molecule has 4 aromatic rings. The number of benzene rings is 2. The fourth-order valence-electron chi connectivity index (χ4n) is 3.36. The molecule has 0 radical (unpaired) electrons. The summed E-state index contributed by atoms with van der Waals surface area (Å²) in [5.41, 5.74) is 0.667. The zero-order valence-electron chi connectivity index (χ0n) is 15.1. The maximum atomic E-state index is 10.8. The van der Waals surface area contributed by atoms with E-state index in [1.165, 1.54) is 0 Å². The molecule has 2 aliphatic rings. The Labute approximate surface area is 148 Å². The van der Waals surface area contributed by atoms with Crippen molar-refractivity contribution in [2.45, 2.75) is 0 Å². The van der Waals surface area contributed by atoms with Gasteiger partial charge in [-0.15, -0.1) is 0 Å². The molecule has 6 rings (SSSR count). The second-order valence-electron chi connectivity index (χ2n) is 6.06. The number of aromatic nitrogens is 2. The normalized spacial score (nSPS) is 15.7. The van der Waals surface area contributed by atoms with Crippen LogP contribution in [0.1, 0.15) is 0 Å². The van der Waals surface area contributed by atoms with E-state index in [9.17, 15) is 10.2 Å². The summed E-state index contributed by atoms with van der Waals surface area (Å²) in [6.45, 7) is 0.147. The van der Waals surface area contributed by atoms with Crippen molar-refractivity contribution in [2.24, 2.45) is 0 Å². The van der Waals surface area contributed by atoms with Crippen LogP contribution in [0.15, 0.2) is 24.3 Å². The van der Waals surface area contributed by atoms with Crippen LogP contribution in [0, 0.1) is 0 Å². The number of fused-ring (bicyclic) bond motifs is 4. The summed E-state index contributed by atoms with van der Waals surface area (Å²) in [5, 5.41) is 22.3. The van der Waals surface area contributed by atoms with Crippen molar-refractivity contribution >= 4 is 21.8 Å². The largest absolute Gasteiger partial charge is 0.505 e. The zero-order chi connectivity index (χ0) is 19.2. The average Bonchev–Trinajstić information content (AvgIpc) is 3.43. The number of hydrogen-bond donors (Lipinski definition) is 4. The predicted octanol–water partition coefficient (Wildman–Crippen LogP) is 3.18. The van der Waals surface area contributed by atoms with Crippen LogP contribution >= 0.6 is 0 Å². The van der Waals surface area contributed by atoms with Gasteiger partial charge in [0.25, 0.3) is 0 Å². The van der Waals surface area contributed by atoms with Gasteiger partial charge in [-0.25, -0.2) is 0 Å². The molecule has 0 saturated carbocycles. The molecule has 26 heavy (non-hydrogen) atoms. The van der Waals surface area contributed by atoms with Gasteiger partial charge in [-0.3, -0.25) is 0 Å². The number of hydrogen-bond acceptors (Lipinski definition) is 6. The lowest BCUT2D eigenvalue weighted by atomic mass is 10.2. The van der Waals surface area contributed by atoms with Crippen LogP contribution in [-0.2, 0) is 0 Å². The Kier molecular flexibility index (Phi) is 2.03. The highest BCUT2D eigenvalue weighted by atomic mass is 16.7. The molecule has 130 valence electrons. The molecule has 2 aliphatic heterocycles. The number of rotatable bonds is 1. The van der Waals surface area contributed by atoms with Gasteiger partial charge in [0, 0.05) is 22.9 Å². The number of aromatic amines is 2. The molecule has 4 heterocycles. The SMILES string of the molecule is [2H]n1c(-c2c(O)c3cc4c(cc3n2[2H])OCO4)c(O)c2cc3c(cc21)OCO3. The summed E-state index contributed by atoms with van der Waals surface area (Å²) in [6.07, 6.45) is 0. The minimum Gasteiger partial charge on any atom is -0.505 e.